The molecule has 8 heteroatoms. The molecule has 0 aliphatic carbocycles. The molecule has 0 radical (unpaired) electrons. The van der Waals surface area contributed by atoms with Crippen molar-refractivity contribution in [1.29, 1.82) is 0 Å². The van der Waals surface area contributed by atoms with Gasteiger partial charge >= 0.3 is 0 Å². The maximum Gasteiger partial charge on any atom is 0.293 e. The highest BCUT2D eigenvalue weighted by atomic mass is 32.2. The minimum absolute atomic E-state index is 0.0530. The number of thiophene rings is 1. The van der Waals surface area contributed by atoms with E-state index in [2.05, 4.69) is 5.32 Å². The lowest BCUT2D eigenvalue weighted by Crippen LogP contribution is -2.10. The average Bonchev–Trinajstić information content (AvgIpc) is 2.97. The molecule has 22 heavy (non-hydrogen) atoms. The molecule has 0 fully saturated rings. The topological polar surface area (TPSA) is 89.3 Å². The van der Waals surface area contributed by atoms with Crippen LogP contribution in [-0.2, 0) is 9.84 Å². The maximum atomic E-state index is 11.5. The van der Waals surface area contributed by atoms with Crippen LogP contribution in [0.2, 0.25) is 0 Å². The molecule has 118 valence electrons. The summed E-state index contributed by atoms with van der Waals surface area (Å²) in [6.45, 7) is 1.98. The van der Waals surface area contributed by atoms with Gasteiger partial charge in [-0.15, -0.1) is 11.3 Å². The number of sulfone groups is 1. The van der Waals surface area contributed by atoms with Crippen LogP contribution in [0.25, 0.3) is 0 Å². The van der Waals surface area contributed by atoms with E-state index in [0.717, 1.165) is 23.6 Å². The first-order chi connectivity index (χ1) is 10.3. The van der Waals surface area contributed by atoms with E-state index in [-0.39, 0.29) is 16.6 Å². The zero-order valence-electron chi connectivity index (χ0n) is 12.1. The third-order valence-corrected chi connectivity index (χ3v) is 5.31. The van der Waals surface area contributed by atoms with E-state index in [0.29, 0.717) is 5.69 Å². The third kappa shape index (κ3) is 3.63. The summed E-state index contributed by atoms with van der Waals surface area (Å²) in [5.41, 5.74) is 0.0792. The molecule has 1 atom stereocenters. The number of nitro benzene ring substituents is 1. The SMILES string of the molecule is CCC(Nc1ccc(S(C)(=O)=O)cc1[N+](=O)[O-])c1cccs1. The van der Waals surface area contributed by atoms with Crippen molar-refractivity contribution in [2.75, 3.05) is 11.6 Å². The van der Waals surface area contributed by atoms with Crippen molar-refractivity contribution in [2.45, 2.75) is 24.3 Å². The molecule has 0 saturated carbocycles. The Morgan fingerprint density at radius 3 is 2.59 bits per heavy atom. The van der Waals surface area contributed by atoms with E-state index in [1.54, 1.807) is 11.3 Å². The van der Waals surface area contributed by atoms with Crippen LogP contribution in [0, 0.1) is 10.1 Å². The Hall–Kier alpha value is -1.93. The normalized spacial score (nSPS) is 12.8. The summed E-state index contributed by atoms with van der Waals surface area (Å²) in [5, 5.41) is 16.3. The van der Waals surface area contributed by atoms with E-state index in [1.807, 2.05) is 24.4 Å². The van der Waals surface area contributed by atoms with Gasteiger partial charge in [0.15, 0.2) is 9.84 Å². The summed E-state index contributed by atoms with van der Waals surface area (Å²) >= 11 is 1.57. The summed E-state index contributed by atoms with van der Waals surface area (Å²) in [4.78, 5) is 11.7. The van der Waals surface area contributed by atoms with E-state index >= 15 is 0 Å². The predicted molar refractivity (Wildman–Crippen MR) is 87.2 cm³/mol. The minimum atomic E-state index is -3.48. The van der Waals surface area contributed by atoms with Gasteiger partial charge in [0.1, 0.15) is 5.69 Å². The number of nitro groups is 1. The van der Waals surface area contributed by atoms with Crippen molar-refractivity contribution >= 4 is 32.5 Å². The number of benzene rings is 1. The zero-order valence-corrected chi connectivity index (χ0v) is 13.8. The zero-order chi connectivity index (χ0) is 16.3. The van der Waals surface area contributed by atoms with Crippen LogP contribution in [-0.4, -0.2) is 19.6 Å². The standard InChI is InChI=1S/C14H16N2O4S2/c1-3-11(14-5-4-8-21-14)15-12-7-6-10(22(2,19)20)9-13(12)16(17)18/h4-9,11,15H,3H2,1-2H3. The predicted octanol–water partition coefficient (Wildman–Crippen LogP) is 3.62. The van der Waals surface area contributed by atoms with Gasteiger partial charge in [-0.05, 0) is 30.0 Å². The van der Waals surface area contributed by atoms with Gasteiger partial charge < -0.3 is 5.32 Å². The van der Waals surface area contributed by atoms with Crippen LogP contribution in [0.15, 0.2) is 40.6 Å². The molecule has 1 unspecified atom stereocenters. The Labute approximate surface area is 132 Å². The first-order valence-corrected chi connectivity index (χ1v) is 9.38. The summed E-state index contributed by atoms with van der Waals surface area (Å²) < 4.78 is 23.1. The van der Waals surface area contributed by atoms with Crippen LogP contribution in [0.5, 0.6) is 0 Å². The number of anilines is 1. The summed E-state index contributed by atoms with van der Waals surface area (Å²) in [7, 11) is -3.48. The molecule has 1 N–H and O–H groups in total. The molecule has 0 saturated heterocycles. The van der Waals surface area contributed by atoms with Gasteiger partial charge in [-0.2, -0.15) is 0 Å². The number of hydrogen-bond acceptors (Lipinski definition) is 6. The monoisotopic (exact) mass is 340 g/mol. The van der Waals surface area contributed by atoms with Crippen LogP contribution in [0.3, 0.4) is 0 Å². The highest BCUT2D eigenvalue weighted by Crippen LogP contribution is 2.32. The molecule has 6 nitrogen and oxygen atoms in total. The Bertz CT molecular complexity index is 770. The second-order valence-electron chi connectivity index (χ2n) is 4.83. The van der Waals surface area contributed by atoms with Gasteiger partial charge in [0.05, 0.1) is 15.9 Å². The Morgan fingerprint density at radius 1 is 1.36 bits per heavy atom. The lowest BCUT2D eigenvalue weighted by molar-refractivity contribution is -0.384. The Morgan fingerprint density at radius 2 is 2.09 bits per heavy atom. The van der Waals surface area contributed by atoms with Gasteiger partial charge in [-0.3, -0.25) is 10.1 Å². The van der Waals surface area contributed by atoms with Crippen LogP contribution in [0.1, 0.15) is 24.3 Å². The molecule has 1 heterocycles. The summed E-state index contributed by atoms with van der Waals surface area (Å²) in [6.07, 6.45) is 1.78. The van der Waals surface area contributed by atoms with Crippen LogP contribution >= 0.6 is 11.3 Å². The fourth-order valence-electron chi connectivity index (χ4n) is 2.07. The molecule has 1 aromatic heterocycles. The van der Waals surface area contributed by atoms with E-state index in [1.165, 1.54) is 12.1 Å². The molecule has 0 aliphatic rings. The molecular weight excluding hydrogens is 324 g/mol. The number of hydrogen-bond donors (Lipinski definition) is 1. The lowest BCUT2D eigenvalue weighted by Gasteiger charge is -2.17. The molecule has 0 bridgehead atoms. The van der Waals surface area contributed by atoms with Crippen molar-refractivity contribution < 1.29 is 13.3 Å². The van der Waals surface area contributed by atoms with Gasteiger partial charge in [0.25, 0.3) is 5.69 Å². The first kappa shape index (κ1) is 16.4. The molecule has 2 aromatic rings. The first-order valence-electron chi connectivity index (χ1n) is 6.61. The smallest absolute Gasteiger partial charge is 0.293 e. The Balaban J connectivity index is 2.40. The van der Waals surface area contributed by atoms with Crippen LogP contribution in [0.4, 0.5) is 11.4 Å². The largest absolute Gasteiger partial charge is 0.372 e. The molecule has 2 rings (SSSR count). The molecular formula is C14H16N2O4S2. The fourth-order valence-corrected chi connectivity index (χ4v) is 3.57. The average molecular weight is 340 g/mol. The second-order valence-corrected chi connectivity index (χ2v) is 7.82. The maximum absolute atomic E-state index is 11.5. The molecule has 1 aromatic carbocycles. The van der Waals surface area contributed by atoms with E-state index < -0.39 is 14.8 Å². The molecule has 0 spiro atoms. The minimum Gasteiger partial charge on any atom is -0.372 e. The second kappa shape index (κ2) is 6.45. The van der Waals surface area contributed by atoms with E-state index in [9.17, 15) is 18.5 Å². The van der Waals surface area contributed by atoms with Gasteiger partial charge in [-0.25, -0.2) is 8.42 Å². The van der Waals surface area contributed by atoms with Crippen molar-refractivity contribution in [3.63, 3.8) is 0 Å². The van der Waals surface area contributed by atoms with Gasteiger partial charge in [-0.1, -0.05) is 13.0 Å². The van der Waals surface area contributed by atoms with Crippen LogP contribution < -0.4 is 5.32 Å². The number of nitrogens with zero attached hydrogens (tertiary/aromatic N) is 1. The lowest BCUT2D eigenvalue weighted by atomic mass is 10.1. The molecule has 0 aliphatic heterocycles. The van der Waals surface area contributed by atoms with Crippen molar-refractivity contribution in [3.8, 4) is 0 Å². The number of rotatable bonds is 6. The van der Waals surface area contributed by atoms with E-state index in [4.69, 9.17) is 0 Å². The highest BCUT2D eigenvalue weighted by Gasteiger charge is 2.21. The van der Waals surface area contributed by atoms with Crippen molar-refractivity contribution in [3.05, 3.63) is 50.7 Å². The van der Waals surface area contributed by atoms with Gasteiger partial charge in [0.2, 0.25) is 0 Å². The Kier molecular flexibility index (Phi) is 4.82. The van der Waals surface area contributed by atoms with Crippen molar-refractivity contribution in [1.82, 2.24) is 0 Å². The van der Waals surface area contributed by atoms with Crippen molar-refractivity contribution in [2.24, 2.45) is 0 Å². The summed E-state index contributed by atoms with van der Waals surface area (Å²) in [6, 6.07) is 7.76. The quantitative estimate of drug-likeness (QED) is 0.641. The fraction of sp³-hybridized carbons (Fsp3) is 0.286. The molecule has 0 amide bonds. The highest BCUT2D eigenvalue weighted by molar-refractivity contribution is 7.90. The summed E-state index contributed by atoms with van der Waals surface area (Å²) in [5.74, 6) is 0. The third-order valence-electron chi connectivity index (χ3n) is 3.22. The van der Waals surface area contributed by atoms with Gasteiger partial charge in [0, 0.05) is 17.2 Å². The number of nitrogens with one attached hydrogen (secondary N) is 1.